The van der Waals surface area contributed by atoms with Gasteiger partial charge in [-0.1, -0.05) is 18.2 Å². The quantitative estimate of drug-likeness (QED) is 0.360. The molecule has 0 bridgehead atoms. The average molecular weight is 166 g/mol. The van der Waals surface area contributed by atoms with Crippen LogP contribution in [0.5, 0.6) is 5.75 Å². The summed E-state index contributed by atoms with van der Waals surface area (Å²) >= 11 is 4.09. The summed E-state index contributed by atoms with van der Waals surface area (Å²) in [6, 6.07) is 7.31. The predicted molar refractivity (Wildman–Crippen MR) is 43.8 cm³/mol. The van der Waals surface area contributed by atoms with Gasteiger partial charge in [-0.3, -0.25) is 4.79 Å². The van der Waals surface area contributed by atoms with E-state index in [0.717, 1.165) is 5.56 Å². The van der Waals surface area contributed by atoms with Crippen LogP contribution in [0.15, 0.2) is 24.3 Å². The Morgan fingerprint density at radius 1 is 1.36 bits per heavy atom. The van der Waals surface area contributed by atoms with Crippen molar-refractivity contribution < 1.29 is 9.53 Å². The molecule has 2 rings (SSSR count). The number of fused-ring (bicyclic) bond motifs is 1. The molecule has 0 saturated heterocycles. The Hall–Kier alpha value is -0.960. The molecule has 1 aromatic rings. The van der Waals surface area contributed by atoms with Crippen LogP contribution in [0.1, 0.15) is 10.8 Å². The number of carbonyl (C=O) groups excluding carboxylic acids is 1. The number of hydrogen-bond acceptors (Lipinski definition) is 3. The van der Waals surface area contributed by atoms with E-state index < -0.39 is 5.25 Å². The Morgan fingerprint density at radius 2 is 2.09 bits per heavy atom. The van der Waals surface area contributed by atoms with Crippen molar-refractivity contribution in [2.75, 3.05) is 0 Å². The Kier molecular flexibility index (Phi) is 1.39. The summed E-state index contributed by atoms with van der Waals surface area (Å²) in [5, 5.41) is -0.397. The minimum atomic E-state index is -0.397. The highest BCUT2D eigenvalue weighted by Crippen LogP contribution is 2.36. The van der Waals surface area contributed by atoms with Gasteiger partial charge in [0.05, 0.1) is 0 Å². The molecule has 0 spiro atoms. The van der Waals surface area contributed by atoms with Crippen LogP contribution >= 0.6 is 12.6 Å². The molecule has 1 unspecified atom stereocenters. The van der Waals surface area contributed by atoms with Crippen LogP contribution in [0.2, 0.25) is 0 Å². The molecule has 0 radical (unpaired) electrons. The van der Waals surface area contributed by atoms with Gasteiger partial charge in [-0.25, -0.2) is 0 Å². The van der Waals surface area contributed by atoms with E-state index in [2.05, 4.69) is 12.6 Å². The lowest BCUT2D eigenvalue weighted by Gasteiger charge is -1.94. The Balaban J connectivity index is 2.55. The smallest absolute Gasteiger partial charge is 0.328 e. The van der Waals surface area contributed by atoms with E-state index in [-0.39, 0.29) is 5.97 Å². The summed E-state index contributed by atoms with van der Waals surface area (Å²) < 4.78 is 4.90. The van der Waals surface area contributed by atoms with Gasteiger partial charge < -0.3 is 4.74 Å². The van der Waals surface area contributed by atoms with Crippen molar-refractivity contribution in [2.24, 2.45) is 0 Å². The molecule has 1 aliphatic rings. The number of benzene rings is 1. The molecule has 11 heavy (non-hydrogen) atoms. The van der Waals surface area contributed by atoms with Crippen molar-refractivity contribution >= 4 is 18.6 Å². The topological polar surface area (TPSA) is 26.3 Å². The molecule has 1 atom stereocenters. The standard InChI is InChI=1S/C8H6O2S/c9-8-7(11)5-3-1-2-4-6(5)10-8/h1-4,7,11H. The third-order valence-electron chi connectivity index (χ3n) is 1.65. The van der Waals surface area contributed by atoms with Crippen LogP contribution in [0, 0.1) is 0 Å². The van der Waals surface area contributed by atoms with Gasteiger partial charge in [0.15, 0.2) is 0 Å². The van der Waals surface area contributed by atoms with Crippen LogP contribution in [-0.4, -0.2) is 5.97 Å². The molecule has 2 nitrogen and oxygen atoms in total. The molecule has 0 N–H and O–H groups in total. The van der Waals surface area contributed by atoms with Gasteiger partial charge in [0.1, 0.15) is 11.0 Å². The van der Waals surface area contributed by atoms with Gasteiger partial charge in [-0.05, 0) is 6.07 Å². The Bertz CT molecular complexity index is 309. The average Bonchev–Trinajstić information content (AvgIpc) is 2.30. The lowest BCUT2D eigenvalue weighted by molar-refractivity contribution is -0.132. The summed E-state index contributed by atoms with van der Waals surface area (Å²) in [6.45, 7) is 0. The van der Waals surface area contributed by atoms with E-state index in [4.69, 9.17) is 4.74 Å². The maximum atomic E-state index is 10.9. The molecule has 3 heteroatoms. The lowest BCUT2D eigenvalue weighted by atomic mass is 10.2. The van der Waals surface area contributed by atoms with Gasteiger partial charge >= 0.3 is 5.97 Å². The Morgan fingerprint density at radius 3 is 2.82 bits per heavy atom. The lowest BCUT2D eigenvalue weighted by Crippen LogP contribution is -2.03. The van der Waals surface area contributed by atoms with Crippen molar-refractivity contribution in [1.82, 2.24) is 0 Å². The summed E-state index contributed by atoms with van der Waals surface area (Å²) in [4.78, 5) is 10.9. The molecule has 0 amide bonds. The van der Waals surface area contributed by atoms with Crippen LogP contribution in [0.25, 0.3) is 0 Å². The molecule has 0 aromatic heterocycles. The number of para-hydroxylation sites is 1. The monoisotopic (exact) mass is 166 g/mol. The van der Waals surface area contributed by atoms with Gasteiger partial charge in [-0.15, -0.1) is 0 Å². The minimum absolute atomic E-state index is 0.283. The van der Waals surface area contributed by atoms with Crippen molar-refractivity contribution in [2.45, 2.75) is 5.25 Å². The second-order valence-electron chi connectivity index (χ2n) is 2.36. The first-order valence-electron chi connectivity index (χ1n) is 3.28. The van der Waals surface area contributed by atoms with Gasteiger partial charge in [0.2, 0.25) is 0 Å². The van der Waals surface area contributed by atoms with Crippen LogP contribution in [-0.2, 0) is 4.79 Å². The highest BCUT2D eigenvalue weighted by Gasteiger charge is 2.29. The summed E-state index contributed by atoms with van der Waals surface area (Å²) in [7, 11) is 0. The predicted octanol–water partition coefficient (Wildman–Crippen LogP) is 1.58. The molecule has 1 aromatic carbocycles. The van der Waals surface area contributed by atoms with Crippen LogP contribution in [0.4, 0.5) is 0 Å². The molecular weight excluding hydrogens is 160 g/mol. The normalized spacial score (nSPS) is 21.2. The molecule has 0 saturated carbocycles. The zero-order valence-electron chi connectivity index (χ0n) is 5.65. The second-order valence-corrected chi connectivity index (χ2v) is 2.88. The fourth-order valence-corrected chi connectivity index (χ4v) is 1.36. The maximum absolute atomic E-state index is 10.9. The molecular formula is C8H6O2S. The zero-order valence-corrected chi connectivity index (χ0v) is 6.54. The zero-order chi connectivity index (χ0) is 7.84. The highest BCUT2D eigenvalue weighted by atomic mass is 32.1. The van der Waals surface area contributed by atoms with E-state index >= 15 is 0 Å². The molecule has 0 fully saturated rings. The summed E-state index contributed by atoms with van der Waals surface area (Å²) in [6.07, 6.45) is 0. The van der Waals surface area contributed by atoms with Crippen LogP contribution in [0.3, 0.4) is 0 Å². The van der Waals surface area contributed by atoms with E-state index in [0.29, 0.717) is 5.75 Å². The largest absolute Gasteiger partial charge is 0.425 e. The first-order valence-corrected chi connectivity index (χ1v) is 3.79. The van der Waals surface area contributed by atoms with Gasteiger partial charge in [0.25, 0.3) is 0 Å². The number of ether oxygens (including phenoxy) is 1. The second kappa shape index (κ2) is 2.27. The summed E-state index contributed by atoms with van der Waals surface area (Å²) in [5.41, 5.74) is 0.862. The van der Waals surface area contributed by atoms with E-state index in [1.165, 1.54) is 0 Å². The van der Waals surface area contributed by atoms with Crippen molar-refractivity contribution in [1.29, 1.82) is 0 Å². The number of rotatable bonds is 0. The minimum Gasteiger partial charge on any atom is -0.425 e. The third-order valence-corrected chi connectivity index (χ3v) is 2.14. The fraction of sp³-hybridized carbons (Fsp3) is 0.125. The summed E-state index contributed by atoms with van der Waals surface area (Å²) in [5.74, 6) is 0.354. The van der Waals surface area contributed by atoms with Crippen molar-refractivity contribution in [3.63, 3.8) is 0 Å². The van der Waals surface area contributed by atoms with Crippen molar-refractivity contribution in [3.8, 4) is 5.75 Å². The van der Waals surface area contributed by atoms with Gasteiger partial charge in [-0.2, -0.15) is 12.6 Å². The third kappa shape index (κ3) is 0.922. The van der Waals surface area contributed by atoms with E-state index in [1.54, 1.807) is 6.07 Å². The molecule has 0 aliphatic carbocycles. The van der Waals surface area contributed by atoms with Gasteiger partial charge in [0, 0.05) is 5.56 Å². The first-order chi connectivity index (χ1) is 5.29. The van der Waals surface area contributed by atoms with Crippen molar-refractivity contribution in [3.05, 3.63) is 29.8 Å². The molecule has 1 aliphatic heterocycles. The van der Waals surface area contributed by atoms with Crippen LogP contribution < -0.4 is 4.74 Å². The number of thiol groups is 1. The number of esters is 1. The Labute approximate surface area is 69.6 Å². The fourth-order valence-electron chi connectivity index (χ4n) is 1.09. The van der Waals surface area contributed by atoms with E-state index in [9.17, 15) is 4.79 Å². The SMILES string of the molecule is O=C1Oc2ccccc2C1S. The number of hydrogen-bond donors (Lipinski definition) is 1. The van der Waals surface area contributed by atoms with E-state index in [1.807, 2.05) is 18.2 Å². The maximum Gasteiger partial charge on any atom is 0.328 e. The highest BCUT2D eigenvalue weighted by molar-refractivity contribution is 7.81. The molecule has 1 heterocycles. The first kappa shape index (κ1) is 6.73. The number of carbonyl (C=O) groups is 1. The molecule has 56 valence electrons.